The van der Waals surface area contributed by atoms with Gasteiger partial charge in [-0.05, 0) is 44.2 Å². The van der Waals surface area contributed by atoms with Gasteiger partial charge >= 0.3 is 0 Å². The van der Waals surface area contributed by atoms with E-state index in [0.717, 1.165) is 5.39 Å². The summed E-state index contributed by atoms with van der Waals surface area (Å²) in [5.41, 5.74) is 1.68. The smallest absolute Gasteiger partial charge is 0.251 e. The lowest BCUT2D eigenvalue weighted by molar-refractivity contribution is -0.115. The van der Waals surface area contributed by atoms with Gasteiger partial charge in [-0.25, -0.2) is 0 Å². The van der Waals surface area contributed by atoms with Crippen molar-refractivity contribution >= 4 is 28.4 Å². The maximum atomic E-state index is 12.4. The van der Waals surface area contributed by atoms with Crippen molar-refractivity contribution in [3.8, 4) is 11.5 Å². The minimum Gasteiger partial charge on any atom is -0.490 e. The van der Waals surface area contributed by atoms with Gasteiger partial charge in [0, 0.05) is 17.1 Å². The van der Waals surface area contributed by atoms with Gasteiger partial charge in [-0.2, -0.15) is 0 Å². The Morgan fingerprint density at radius 2 is 1.72 bits per heavy atom. The van der Waals surface area contributed by atoms with E-state index in [1.54, 1.807) is 30.5 Å². The van der Waals surface area contributed by atoms with Crippen LogP contribution in [0, 0.1) is 0 Å². The average Bonchev–Trinajstić information content (AvgIpc) is 2.74. The second-order valence-electron chi connectivity index (χ2n) is 6.14. The summed E-state index contributed by atoms with van der Waals surface area (Å²) >= 11 is 0. The minimum absolute atomic E-state index is 0.167. The highest BCUT2D eigenvalue weighted by molar-refractivity contribution is 6.03. The number of amides is 2. The van der Waals surface area contributed by atoms with Crippen LogP contribution < -0.4 is 20.1 Å². The summed E-state index contributed by atoms with van der Waals surface area (Å²) in [5, 5.41) is 6.33. The van der Waals surface area contributed by atoms with Gasteiger partial charge in [0.1, 0.15) is 0 Å². The molecule has 150 valence electrons. The maximum Gasteiger partial charge on any atom is 0.251 e. The number of ether oxygens (including phenoxy) is 2. The van der Waals surface area contributed by atoms with Gasteiger partial charge in [-0.1, -0.05) is 18.2 Å². The minimum atomic E-state index is -0.375. The summed E-state index contributed by atoms with van der Waals surface area (Å²) in [6.07, 6.45) is 1.67. The second-order valence-corrected chi connectivity index (χ2v) is 6.14. The summed E-state index contributed by atoms with van der Waals surface area (Å²) in [5.74, 6) is 0.355. The molecular weight excluding hydrogens is 370 g/mol. The van der Waals surface area contributed by atoms with Gasteiger partial charge in [-0.3, -0.25) is 14.6 Å². The Kier molecular flexibility index (Phi) is 6.63. The van der Waals surface area contributed by atoms with E-state index in [4.69, 9.17) is 9.47 Å². The zero-order chi connectivity index (χ0) is 20.6. The van der Waals surface area contributed by atoms with E-state index >= 15 is 0 Å². The molecule has 3 rings (SSSR count). The number of nitrogens with one attached hydrogen (secondary N) is 2. The van der Waals surface area contributed by atoms with Crippen molar-refractivity contribution in [2.24, 2.45) is 0 Å². The molecule has 0 atom stereocenters. The second kappa shape index (κ2) is 9.54. The molecule has 0 radical (unpaired) electrons. The Labute approximate surface area is 169 Å². The monoisotopic (exact) mass is 393 g/mol. The summed E-state index contributed by atoms with van der Waals surface area (Å²) in [6, 6.07) is 14.2. The Balaban J connectivity index is 1.64. The molecule has 1 aromatic heterocycles. The zero-order valence-corrected chi connectivity index (χ0v) is 16.4. The normalized spacial score (nSPS) is 10.4. The first kappa shape index (κ1) is 20.1. The van der Waals surface area contributed by atoms with Gasteiger partial charge in [0.2, 0.25) is 5.91 Å². The first-order valence-electron chi connectivity index (χ1n) is 9.43. The van der Waals surface area contributed by atoms with Crippen LogP contribution in [-0.2, 0) is 4.79 Å². The topological polar surface area (TPSA) is 89.5 Å². The van der Waals surface area contributed by atoms with E-state index in [1.165, 1.54) is 0 Å². The molecule has 2 aromatic carbocycles. The van der Waals surface area contributed by atoms with Crippen molar-refractivity contribution in [1.29, 1.82) is 0 Å². The van der Waals surface area contributed by atoms with Crippen LogP contribution in [0.25, 0.3) is 10.9 Å². The summed E-state index contributed by atoms with van der Waals surface area (Å²) < 4.78 is 11.0. The van der Waals surface area contributed by atoms with Crippen LogP contribution in [-0.4, -0.2) is 36.6 Å². The van der Waals surface area contributed by atoms with Gasteiger partial charge in [-0.15, -0.1) is 0 Å². The van der Waals surface area contributed by atoms with Crippen molar-refractivity contribution in [1.82, 2.24) is 10.3 Å². The highest BCUT2D eigenvalue weighted by Crippen LogP contribution is 2.28. The van der Waals surface area contributed by atoms with Crippen LogP contribution in [0.2, 0.25) is 0 Å². The van der Waals surface area contributed by atoms with Gasteiger partial charge in [0.25, 0.3) is 5.91 Å². The molecule has 2 amide bonds. The number of benzene rings is 2. The van der Waals surface area contributed by atoms with Gasteiger partial charge < -0.3 is 20.1 Å². The SMILES string of the molecule is CCOc1ccc(C(=O)NCC(=O)Nc2cccc3cccnc23)cc1OCC. The third kappa shape index (κ3) is 5.01. The molecule has 1 heterocycles. The van der Waals surface area contributed by atoms with Gasteiger partial charge in [0.15, 0.2) is 11.5 Å². The van der Waals surface area contributed by atoms with E-state index in [-0.39, 0.29) is 18.4 Å². The fourth-order valence-corrected chi connectivity index (χ4v) is 2.85. The fourth-order valence-electron chi connectivity index (χ4n) is 2.85. The number of hydrogen-bond donors (Lipinski definition) is 2. The molecule has 0 unspecified atom stereocenters. The Bertz CT molecular complexity index is 1010. The molecule has 0 aliphatic carbocycles. The molecule has 0 saturated heterocycles. The number of nitrogens with zero attached hydrogens (tertiary/aromatic N) is 1. The van der Waals surface area contributed by atoms with Crippen LogP contribution in [0.3, 0.4) is 0 Å². The number of fused-ring (bicyclic) bond motifs is 1. The van der Waals surface area contributed by atoms with Crippen LogP contribution in [0.1, 0.15) is 24.2 Å². The lowest BCUT2D eigenvalue weighted by Gasteiger charge is -2.12. The molecule has 29 heavy (non-hydrogen) atoms. The van der Waals surface area contributed by atoms with Crippen molar-refractivity contribution in [3.05, 3.63) is 60.3 Å². The third-order valence-electron chi connectivity index (χ3n) is 4.12. The predicted octanol–water partition coefficient (Wildman–Crippen LogP) is 3.40. The first-order chi connectivity index (χ1) is 14.1. The van der Waals surface area contributed by atoms with Crippen LogP contribution in [0.4, 0.5) is 5.69 Å². The molecule has 2 N–H and O–H groups in total. The number of pyridine rings is 1. The highest BCUT2D eigenvalue weighted by atomic mass is 16.5. The van der Waals surface area contributed by atoms with Crippen molar-refractivity contribution in [2.75, 3.05) is 25.1 Å². The largest absolute Gasteiger partial charge is 0.490 e. The van der Waals surface area contributed by atoms with Crippen LogP contribution in [0.5, 0.6) is 11.5 Å². The van der Waals surface area contributed by atoms with E-state index < -0.39 is 0 Å². The molecule has 0 aliphatic heterocycles. The Hall–Kier alpha value is -3.61. The van der Waals surface area contributed by atoms with E-state index in [2.05, 4.69) is 15.6 Å². The van der Waals surface area contributed by atoms with Crippen molar-refractivity contribution in [2.45, 2.75) is 13.8 Å². The molecule has 0 bridgehead atoms. The van der Waals surface area contributed by atoms with E-state index in [1.807, 2.05) is 38.1 Å². The standard InChI is InChI=1S/C22H23N3O4/c1-3-28-18-11-10-16(13-19(18)29-4-2)22(27)24-14-20(26)25-17-9-5-7-15-8-6-12-23-21(15)17/h5-13H,3-4,14H2,1-2H3,(H,24,27)(H,25,26). The number of anilines is 1. The lowest BCUT2D eigenvalue weighted by Crippen LogP contribution is -2.32. The van der Waals surface area contributed by atoms with Gasteiger partial charge in [0.05, 0.1) is 31.0 Å². The fraction of sp³-hybridized carbons (Fsp3) is 0.227. The van der Waals surface area contributed by atoms with Crippen molar-refractivity contribution in [3.63, 3.8) is 0 Å². The molecule has 0 fully saturated rings. The summed E-state index contributed by atoms with van der Waals surface area (Å²) in [7, 11) is 0. The van der Waals surface area contributed by atoms with Crippen molar-refractivity contribution < 1.29 is 19.1 Å². The lowest BCUT2D eigenvalue weighted by atomic mass is 10.2. The number of rotatable bonds is 8. The molecule has 0 spiro atoms. The van der Waals surface area contributed by atoms with Crippen LogP contribution in [0.15, 0.2) is 54.7 Å². The van der Waals surface area contributed by atoms with E-state index in [0.29, 0.717) is 41.5 Å². The molecule has 0 aliphatic rings. The first-order valence-corrected chi connectivity index (χ1v) is 9.43. The molecule has 7 heteroatoms. The summed E-state index contributed by atoms with van der Waals surface area (Å²) in [6.45, 7) is 4.51. The number of hydrogen-bond acceptors (Lipinski definition) is 5. The number of aromatic nitrogens is 1. The number of para-hydroxylation sites is 1. The molecular formula is C22H23N3O4. The zero-order valence-electron chi connectivity index (χ0n) is 16.4. The molecule has 7 nitrogen and oxygen atoms in total. The third-order valence-corrected chi connectivity index (χ3v) is 4.12. The van der Waals surface area contributed by atoms with Crippen LogP contribution >= 0.6 is 0 Å². The Morgan fingerprint density at radius 1 is 0.966 bits per heavy atom. The molecule has 3 aromatic rings. The highest BCUT2D eigenvalue weighted by Gasteiger charge is 2.13. The Morgan fingerprint density at radius 3 is 2.52 bits per heavy atom. The quantitative estimate of drug-likeness (QED) is 0.612. The predicted molar refractivity (Wildman–Crippen MR) is 111 cm³/mol. The number of carbonyl (C=O) groups is 2. The summed E-state index contributed by atoms with van der Waals surface area (Å²) in [4.78, 5) is 29.0. The maximum absolute atomic E-state index is 12.4. The van der Waals surface area contributed by atoms with E-state index in [9.17, 15) is 9.59 Å². The average molecular weight is 393 g/mol. The number of carbonyl (C=O) groups excluding carboxylic acids is 2. The molecule has 0 saturated carbocycles.